The van der Waals surface area contributed by atoms with Crippen LogP contribution in [0, 0.1) is 10.7 Å². The third-order valence-corrected chi connectivity index (χ3v) is 1.75. The molecule has 1 rings (SSSR count). The molecule has 0 aliphatic rings. The molecular weight excluding hydrogens is 188 g/mol. The Kier molecular flexibility index (Phi) is 2.96. The summed E-state index contributed by atoms with van der Waals surface area (Å²) >= 11 is 0. The standard InChI is InChI=1S/C8H7BFNO3/c1-14-8(12)4-2-5(9)7(10)6(3-4)11-13/h2-3H,9H2,1H3. The van der Waals surface area contributed by atoms with Crippen molar-refractivity contribution in [1.29, 1.82) is 0 Å². The summed E-state index contributed by atoms with van der Waals surface area (Å²) in [6, 6.07) is 2.36. The molecule has 4 nitrogen and oxygen atoms in total. The highest BCUT2D eigenvalue weighted by atomic mass is 19.1. The van der Waals surface area contributed by atoms with E-state index in [2.05, 4.69) is 9.91 Å². The molecule has 0 N–H and O–H groups in total. The lowest BCUT2D eigenvalue weighted by atomic mass is 9.93. The number of carbonyl (C=O) groups is 1. The van der Waals surface area contributed by atoms with Gasteiger partial charge in [0.05, 0.1) is 12.7 Å². The van der Waals surface area contributed by atoms with Crippen molar-refractivity contribution >= 4 is 25.0 Å². The topological polar surface area (TPSA) is 55.7 Å². The molecule has 0 aliphatic carbocycles. The summed E-state index contributed by atoms with van der Waals surface area (Å²) in [6.45, 7) is 0. The van der Waals surface area contributed by atoms with Crippen molar-refractivity contribution < 1.29 is 13.9 Å². The minimum absolute atomic E-state index is 0.112. The van der Waals surface area contributed by atoms with Gasteiger partial charge in [0.25, 0.3) is 0 Å². The number of esters is 1. The Morgan fingerprint density at radius 3 is 2.71 bits per heavy atom. The van der Waals surface area contributed by atoms with Crippen molar-refractivity contribution in [3.05, 3.63) is 28.4 Å². The molecule has 0 fully saturated rings. The van der Waals surface area contributed by atoms with E-state index < -0.39 is 11.8 Å². The molecule has 1 aromatic rings. The third kappa shape index (κ3) is 1.79. The first-order valence-electron chi connectivity index (χ1n) is 3.82. The van der Waals surface area contributed by atoms with Crippen molar-refractivity contribution in [3.63, 3.8) is 0 Å². The van der Waals surface area contributed by atoms with Gasteiger partial charge in [-0.2, -0.15) is 0 Å². The molecule has 0 saturated carbocycles. The van der Waals surface area contributed by atoms with E-state index in [-0.39, 0.29) is 16.7 Å². The molecule has 0 aromatic heterocycles. The first-order chi connectivity index (χ1) is 6.60. The van der Waals surface area contributed by atoms with Gasteiger partial charge in [-0.25, -0.2) is 9.18 Å². The van der Waals surface area contributed by atoms with Crippen LogP contribution in [0.5, 0.6) is 0 Å². The second-order valence-electron chi connectivity index (χ2n) is 2.71. The van der Waals surface area contributed by atoms with Crippen molar-refractivity contribution in [2.24, 2.45) is 5.18 Å². The normalized spacial score (nSPS) is 9.57. The Labute approximate surface area is 80.4 Å². The lowest BCUT2D eigenvalue weighted by Crippen LogP contribution is -2.13. The third-order valence-electron chi connectivity index (χ3n) is 1.75. The summed E-state index contributed by atoms with van der Waals surface area (Å²) in [5.41, 5.74) is -0.0890. The maximum absolute atomic E-state index is 13.1. The van der Waals surface area contributed by atoms with Crippen LogP contribution >= 0.6 is 0 Å². The number of halogens is 1. The summed E-state index contributed by atoms with van der Waals surface area (Å²) in [5.74, 6) is -1.34. The fraction of sp³-hybridized carbons (Fsp3) is 0.125. The first kappa shape index (κ1) is 10.4. The lowest BCUT2D eigenvalue weighted by Gasteiger charge is -2.03. The zero-order chi connectivity index (χ0) is 10.7. The SMILES string of the molecule is Bc1cc(C(=O)OC)cc(N=O)c1F. The maximum Gasteiger partial charge on any atom is 0.337 e. The second kappa shape index (κ2) is 4.00. The molecule has 6 heteroatoms. The van der Waals surface area contributed by atoms with Gasteiger partial charge in [0.2, 0.25) is 0 Å². The van der Waals surface area contributed by atoms with E-state index in [1.54, 1.807) is 0 Å². The lowest BCUT2D eigenvalue weighted by molar-refractivity contribution is 0.0601. The van der Waals surface area contributed by atoms with Crippen LogP contribution in [-0.2, 0) is 4.74 Å². The van der Waals surface area contributed by atoms with Crippen LogP contribution in [0.25, 0.3) is 0 Å². The van der Waals surface area contributed by atoms with Crippen molar-refractivity contribution in [2.75, 3.05) is 7.11 Å². The van der Waals surface area contributed by atoms with Gasteiger partial charge >= 0.3 is 5.97 Å². The van der Waals surface area contributed by atoms with Crippen LogP contribution in [-0.4, -0.2) is 20.9 Å². The zero-order valence-corrected chi connectivity index (χ0v) is 7.70. The van der Waals surface area contributed by atoms with Crippen LogP contribution < -0.4 is 5.46 Å². The summed E-state index contributed by atoms with van der Waals surface area (Å²) in [6.07, 6.45) is 0. The molecule has 0 radical (unpaired) electrons. The molecule has 0 amide bonds. The number of benzene rings is 1. The van der Waals surface area contributed by atoms with Gasteiger partial charge in [-0.15, -0.1) is 4.91 Å². The average Bonchev–Trinajstić information content (AvgIpc) is 2.20. The molecule has 0 bridgehead atoms. The molecule has 0 spiro atoms. The predicted octanol–water partition coefficient (Wildman–Crippen LogP) is 0.269. The van der Waals surface area contributed by atoms with Crippen LogP contribution in [0.4, 0.5) is 10.1 Å². The number of hydrogen-bond donors (Lipinski definition) is 0. The molecule has 1 aromatic carbocycles. The molecule has 0 atom stereocenters. The van der Waals surface area contributed by atoms with Crippen LogP contribution in [0.2, 0.25) is 0 Å². The van der Waals surface area contributed by atoms with Gasteiger partial charge in [-0.1, -0.05) is 11.5 Å². The van der Waals surface area contributed by atoms with Gasteiger partial charge in [-0.3, -0.25) is 0 Å². The van der Waals surface area contributed by atoms with E-state index in [1.807, 2.05) is 0 Å². The summed E-state index contributed by atoms with van der Waals surface area (Å²) in [7, 11) is 2.64. The molecule has 72 valence electrons. The van der Waals surface area contributed by atoms with Crippen LogP contribution in [0.15, 0.2) is 17.3 Å². The number of nitroso groups, excluding NO2 is 1. The van der Waals surface area contributed by atoms with Crippen molar-refractivity contribution in [1.82, 2.24) is 0 Å². The molecule has 0 aliphatic heterocycles. The van der Waals surface area contributed by atoms with Crippen molar-refractivity contribution in [2.45, 2.75) is 0 Å². The minimum atomic E-state index is -0.715. The Morgan fingerprint density at radius 2 is 2.21 bits per heavy atom. The predicted molar refractivity (Wildman–Crippen MR) is 51.4 cm³/mol. The Bertz CT molecular complexity index is 394. The molecular formula is C8H7BFNO3. The zero-order valence-electron chi connectivity index (χ0n) is 7.70. The van der Waals surface area contributed by atoms with E-state index in [0.717, 1.165) is 6.07 Å². The Hall–Kier alpha value is -1.72. The number of methoxy groups -OCH3 is 1. The number of nitrogens with zero attached hydrogens (tertiary/aromatic N) is 1. The average molecular weight is 195 g/mol. The number of hydrogen-bond acceptors (Lipinski definition) is 4. The highest BCUT2D eigenvalue weighted by molar-refractivity contribution is 6.33. The highest BCUT2D eigenvalue weighted by Crippen LogP contribution is 2.17. The van der Waals surface area contributed by atoms with Gasteiger partial charge in [-0.05, 0) is 11.2 Å². The molecule has 0 saturated heterocycles. The number of carbonyl (C=O) groups excluding carboxylic acids is 1. The van der Waals surface area contributed by atoms with Gasteiger partial charge in [0.15, 0.2) is 0 Å². The van der Waals surface area contributed by atoms with E-state index >= 15 is 0 Å². The van der Waals surface area contributed by atoms with E-state index in [4.69, 9.17) is 0 Å². The number of rotatable bonds is 2. The molecule has 0 unspecified atom stereocenters. The van der Waals surface area contributed by atoms with Crippen molar-refractivity contribution in [3.8, 4) is 0 Å². The fourth-order valence-electron chi connectivity index (χ4n) is 1.05. The van der Waals surface area contributed by atoms with E-state index in [1.165, 1.54) is 21.0 Å². The van der Waals surface area contributed by atoms with Crippen LogP contribution in [0.1, 0.15) is 10.4 Å². The molecule has 0 heterocycles. The second-order valence-corrected chi connectivity index (χ2v) is 2.71. The monoisotopic (exact) mass is 195 g/mol. The maximum atomic E-state index is 13.1. The Balaban J connectivity index is 3.29. The first-order valence-corrected chi connectivity index (χ1v) is 3.82. The summed E-state index contributed by atoms with van der Waals surface area (Å²) in [5, 5.41) is 2.48. The quantitative estimate of drug-likeness (QED) is 0.386. The number of ether oxygens (including phenoxy) is 1. The summed E-state index contributed by atoms with van der Waals surface area (Å²) < 4.78 is 17.5. The highest BCUT2D eigenvalue weighted by Gasteiger charge is 2.12. The minimum Gasteiger partial charge on any atom is -0.465 e. The van der Waals surface area contributed by atoms with E-state index in [0.29, 0.717) is 0 Å². The Morgan fingerprint density at radius 1 is 1.57 bits per heavy atom. The van der Waals surface area contributed by atoms with Gasteiger partial charge < -0.3 is 4.74 Å². The van der Waals surface area contributed by atoms with Crippen LogP contribution in [0.3, 0.4) is 0 Å². The van der Waals surface area contributed by atoms with Gasteiger partial charge in [0, 0.05) is 0 Å². The van der Waals surface area contributed by atoms with Gasteiger partial charge in [0.1, 0.15) is 19.4 Å². The van der Waals surface area contributed by atoms with E-state index in [9.17, 15) is 14.1 Å². The fourth-order valence-corrected chi connectivity index (χ4v) is 1.05. The molecule has 14 heavy (non-hydrogen) atoms. The smallest absolute Gasteiger partial charge is 0.337 e. The summed E-state index contributed by atoms with van der Waals surface area (Å²) in [4.78, 5) is 21.3. The largest absolute Gasteiger partial charge is 0.465 e.